The van der Waals surface area contributed by atoms with Gasteiger partial charge in [-0.3, -0.25) is 4.68 Å². The summed E-state index contributed by atoms with van der Waals surface area (Å²) in [7, 11) is 0. The molecule has 1 fully saturated rings. The van der Waals surface area contributed by atoms with Gasteiger partial charge in [-0.05, 0) is 39.7 Å². The average Bonchev–Trinajstić information content (AvgIpc) is 2.81. The fraction of sp³-hybridized carbons (Fsp3) is 0.800. The highest BCUT2D eigenvalue weighted by Crippen LogP contribution is 2.24. The summed E-state index contributed by atoms with van der Waals surface area (Å²) >= 11 is 0. The van der Waals surface area contributed by atoms with Crippen LogP contribution >= 0.6 is 0 Å². The van der Waals surface area contributed by atoms with Crippen LogP contribution in [-0.2, 0) is 0 Å². The Morgan fingerprint density at radius 2 is 2.11 bits per heavy atom. The highest BCUT2D eigenvalue weighted by atomic mass is 15.3. The minimum atomic E-state index is 0.260. The van der Waals surface area contributed by atoms with Crippen LogP contribution in [0.25, 0.3) is 0 Å². The molecular weight excluding hydrogens is 236 g/mol. The van der Waals surface area contributed by atoms with Crippen molar-refractivity contribution < 1.29 is 0 Å². The van der Waals surface area contributed by atoms with E-state index in [0.29, 0.717) is 6.04 Å². The Morgan fingerprint density at radius 1 is 1.37 bits per heavy atom. The summed E-state index contributed by atoms with van der Waals surface area (Å²) in [6.45, 7) is 12.3. The minimum absolute atomic E-state index is 0.260. The molecule has 1 N–H and O–H groups in total. The first kappa shape index (κ1) is 14.4. The predicted octanol–water partition coefficient (Wildman–Crippen LogP) is 2.82. The zero-order valence-electron chi connectivity index (χ0n) is 12.8. The lowest BCUT2D eigenvalue weighted by molar-refractivity contribution is 0.321. The van der Waals surface area contributed by atoms with E-state index in [-0.39, 0.29) is 5.54 Å². The van der Waals surface area contributed by atoms with Gasteiger partial charge in [-0.2, -0.15) is 5.10 Å². The fourth-order valence-electron chi connectivity index (χ4n) is 2.84. The predicted molar refractivity (Wildman–Crippen MR) is 80.8 cm³/mol. The van der Waals surface area contributed by atoms with Gasteiger partial charge >= 0.3 is 0 Å². The van der Waals surface area contributed by atoms with Crippen molar-refractivity contribution in [2.45, 2.75) is 58.5 Å². The van der Waals surface area contributed by atoms with E-state index in [0.717, 1.165) is 19.6 Å². The van der Waals surface area contributed by atoms with Crippen molar-refractivity contribution in [2.24, 2.45) is 0 Å². The maximum absolute atomic E-state index is 4.48. The monoisotopic (exact) mass is 264 g/mol. The molecule has 0 amide bonds. The third-order valence-corrected chi connectivity index (χ3v) is 4.43. The van der Waals surface area contributed by atoms with Crippen molar-refractivity contribution in [3.8, 4) is 0 Å². The van der Waals surface area contributed by atoms with E-state index in [2.05, 4.69) is 49.2 Å². The summed E-state index contributed by atoms with van der Waals surface area (Å²) in [6, 6.07) is 0.431. The molecule has 0 saturated carbocycles. The van der Waals surface area contributed by atoms with Gasteiger partial charge in [0.15, 0.2) is 0 Å². The summed E-state index contributed by atoms with van der Waals surface area (Å²) in [5, 5.41) is 8.23. The second-order valence-corrected chi connectivity index (χ2v) is 5.96. The summed E-state index contributed by atoms with van der Waals surface area (Å²) in [4.78, 5) is 2.50. The highest BCUT2D eigenvalue weighted by Gasteiger charge is 2.30. The van der Waals surface area contributed by atoms with Gasteiger partial charge in [0.2, 0.25) is 0 Å². The third-order valence-electron chi connectivity index (χ3n) is 4.43. The molecule has 0 unspecified atom stereocenters. The van der Waals surface area contributed by atoms with Crippen molar-refractivity contribution >= 4 is 5.69 Å². The Morgan fingerprint density at radius 3 is 2.68 bits per heavy atom. The molecule has 0 spiro atoms. The summed E-state index contributed by atoms with van der Waals surface area (Å²) < 4.78 is 2.05. The van der Waals surface area contributed by atoms with Crippen molar-refractivity contribution in [2.75, 3.05) is 24.5 Å². The van der Waals surface area contributed by atoms with Crippen LogP contribution in [0.15, 0.2) is 12.4 Å². The van der Waals surface area contributed by atoms with Gasteiger partial charge in [-0.1, -0.05) is 13.8 Å². The number of rotatable bonds is 4. The highest BCUT2D eigenvalue weighted by molar-refractivity contribution is 5.43. The van der Waals surface area contributed by atoms with Crippen LogP contribution in [0.4, 0.5) is 5.69 Å². The summed E-state index contributed by atoms with van der Waals surface area (Å²) in [5.74, 6) is 0. The first-order valence-corrected chi connectivity index (χ1v) is 7.64. The quantitative estimate of drug-likeness (QED) is 0.908. The Hall–Kier alpha value is -1.03. The molecular formula is C15H28N4. The van der Waals surface area contributed by atoms with Crippen LogP contribution in [0.5, 0.6) is 0 Å². The number of hydrogen-bond donors (Lipinski definition) is 1. The Labute approximate surface area is 117 Å². The lowest BCUT2D eigenvalue weighted by atomic mass is 9.92. The van der Waals surface area contributed by atoms with E-state index in [4.69, 9.17) is 0 Å². The van der Waals surface area contributed by atoms with E-state index in [9.17, 15) is 0 Å². The first-order valence-electron chi connectivity index (χ1n) is 7.64. The van der Waals surface area contributed by atoms with Crippen molar-refractivity contribution in [1.82, 2.24) is 15.1 Å². The Kier molecular flexibility index (Phi) is 4.50. The zero-order chi connectivity index (χ0) is 13.9. The van der Waals surface area contributed by atoms with Crippen molar-refractivity contribution in [3.05, 3.63) is 12.4 Å². The van der Waals surface area contributed by atoms with Crippen LogP contribution in [0.1, 0.15) is 53.0 Å². The number of aromatic nitrogens is 2. The van der Waals surface area contributed by atoms with E-state index in [1.165, 1.54) is 24.9 Å². The molecule has 1 aromatic heterocycles. The lowest BCUT2D eigenvalue weighted by Gasteiger charge is -2.35. The van der Waals surface area contributed by atoms with Gasteiger partial charge in [0.1, 0.15) is 0 Å². The molecule has 1 aliphatic heterocycles. The zero-order valence-corrected chi connectivity index (χ0v) is 12.8. The standard InChI is InChI=1S/C15H28N4/c1-5-15(6-2)12-18(9-7-8-16-15)14-10-17-19(11-14)13(3)4/h10-11,13,16H,5-9,12H2,1-4H3. The fourth-order valence-corrected chi connectivity index (χ4v) is 2.84. The third kappa shape index (κ3) is 3.11. The molecule has 0 atom stereocenters. The topological polar surface area (TPSA) is 33.1 Å². The second kappa shape index (κ2) is 5.95. The van der Waals surface area contributed by atoms with Crippen LogP contribution in [0.2, 0.25) is 0 Å². The SMILES string of the molecule is CCC1(CC)CN(c2cnn(C(C)C)c2)CCCN1. The molecule has 2 rings (SSSR count). The summed E-state index contributed by atoms with van der Waals surface area (Å²) in [6.07, 6.45) is 7.76. The van der Waals surface area contributed by atoms with E-state index in [1.54, 1.807) is 0 Å². The molecule has 4 heteroatoms. The molecule has 1 saturated heterocycles. The molecule has 2 heterocycles. The van der Waals surface area contributed by atoms with Crippen LogP contribution in [0.3, 0.4) is 0 Å². The first-order chi connectivity index (χ1) is 9.10. The second-order valence-electron chi connectivity index (χ2n) is 5.96. The van der Waals surface area contributed by atoms with Gasteiger partial charge in [0.05, 0.1) is 11.9 Å². The van der Waals surface area contributed by atoms with Gasteiger partial charge in [-0.15, -0.1) is 0 Å². The molecule has 0 aromatic carbocycles. The molecule has 1 aliphatic rings. The molecule has 19 heavy (non-hydrogen) atoms. The minimum Gasteiger partial charge on any atom is -0.367 e. The normalized spacial score (nSPS) is 19.7. The van der Waals surface area contributed by atoms with Crippen LogP contribution in [0, 0.1) is 0 Å². The molecule has 4 nitrogen and oxygen atoms in total. The van der Waals surface area contributed by atoms with Gasteiger partial charge in [0, 0.05) is 30.9 Å². The molecule has 1 aromatic rings. The van der Waals surface area contributed by atoms with E-state index in [1.807, 2.05) is 10.9 Å². The van der Waals surface area contributed by atoms with E-state index < -0.39 is 0 Å². The van der Waals surface area contributed by atoms with Crippen LogP contribution < -0.4 is 10.2 Å². The molecule has 0 bridgehead atoms. The smallest absolute Gasteiger partial charge is 0.0753 e. The van der Waals surface area contributed by atoms with Gasteiger partial charge in [-0.25, -0.2) is 0 Å². The van der Waals surface area contributed by atoms with Gasteiger partial charge in [0.25, 0.3) is 0 Å². The van der Waals surface area contributed by atoms with Gasteiger partial charge < -0.3 is 10.2 Å². The molecule has 0 aliphatic carbocycles. The van der Waals surface area contributed by atoms with Crippen molar-refractivity contribution in [3.63, 3.8) is 0 Å². The number of anilines is 1. The van der Waals surface area contributed by atoms with E-state index >= 15 is 0 Å². The molecule has 0 radical (unpaired) electrons. The number of hydrogen-bond acceptors (Lipinski definition) is 3. The Balaban J connectivity index is 2.17. The number of nitrogens with one attached hydrogen (secondary N) is 1. The summed E-state index contributed by atoms with van der Waals surface area (Å²) in [5.41, 5.74) is 1.53. The average molecular weight is 264 g/mol. The van der Waals surface area contributed by atoms with Crippen molar-refractivity contribution in [1.29, 1.82) is 0 Å². The lowest BCUT2D eigenvalue weighted by Crippen LogP contribution is -2.50. The number of nitrogens with zero attached hydrogens (tertiary/aromatic N) is 3. The molecule has 108 valence electrons. The maximum atomic E-state index is 4.48. The Bertz CT molecular complexity index is 393. The maximum Gasteiger partial charge on any atom is 0.0753 e. The largest absolute Gasteiger partial charge is 0.367 e. The van der Waals surface area contributed by atoms with Crippen LogP contribution in [-0.4, -0.2) is 35.0 Å².